The van der Waals surface area contributed by atoms with Gasteiger partial charge in [-0.05, 0) is 50.1 Å². The van der Waals surface area contributed by atoms with Crippen molar-refractivity contribution in [3.8, 4) is 39.4 Å². The van der Waals surface area contributed by atoms with Crippen LogP contribution in [0.1, 0.15) is 37.8 Å². The molecular formula is C37H40Cl2N6O3. The Balaban J connectivity index is 1.25. The third-order valence-corrected chi connectivity index (χ3v) is 9.37. The molecule has 0 radical (unpaired) electrons. The van der Waals surface area contributed by atoms with Crippen molar-refractivity contribution in [2.24, 2.45) is 7.05 Å². The number of hydrogen-bond acceptors (Lipinski definition) is 7. The van der Waals surface area contributed by atoms with Crippen LogP contribution in [0.5, 0.6) is 5.75 Å². The molecule has 0 aliphatic carbocycles. The second-order valence-corrected chi connectivity index (χ2v) is 13.7. The summed E-state index contributed by atoms with van der Waals surface area (Å²) in [5.41, 5.74) is 6.68. The standard InChI is InChI=1S/C37H40Cl2N6O3/c1-37(2,47)21-41-18-24-20-45(3)36-26(24)11-12-30(44-36)29-7-5-6-27(33(29)38)28-14-15-42-35(34(28)39)22-8-9-23(31(16-22)48-4)17-40-19-25-10-13-32(46)43-25/h5-9,11-12,14-16,20,25,40-41,47H,10,13,17-19,21H2,1-4H3,(H,43,46)/t25-/m1/s1. The van der Waals surface area contributed by atoms with E-state index in [1.165, 1.54) is 0 Å². The van der Waals surface area contributed by atoms with Gasteiger partial charge in [0.2, 0.25) is 5.91 Å². The summed E-state index contributed by atoms with van der Waals surface area (Å²) in [6.45, 7) is 5.96. The number of aromatic nitrogens is 3. The number of carbonyl (C=O) groups excluding carboxylic acids is 1. The first-order valence-corrected chi connectivity index (χ1v) is 16.8. The molecule has 6 rings (SSSR count). The van der Waals surface area contributed by atoms with Crippen LogP contribution in [-0.2, 0) is 24.9 Å². The van der Waals surface area contributed by atoms with Gasteiger partial charge in [0.05, 0.1) is 34.1 Å². The van der Waals surface area contributed by atoms with Crippen LogP contribution in [-0.4, -0.2) is 57.4 Å². The third-order valence-electron chi connectivity index (χ3n) is 8.58. The van der Waals surface area contributed by atoms with E-state index >= 15 is 0 Å². The van der Waals surface area contributed by atoms with Gasteiger partial charge < -0.3 is 30.4 Å². The molecule has 0 unspecified atom stereocenters. The highest BCUT2D eigenvalue weighted by atomic mass is 35.5. The fourth-order valence-electron chi connectivity index (χ4n) is 6.17. The molecule has 5 aromatic rings. The SMILES string of the molecule is COc1cc(-c2nccc(-c3cccc(-c4ccc5c(CNCC(C)(C)O)cn(C)c5n4)c3Cl)c2Cl)ccc1CNC[C@H]1CCC(=O)N1. The lowest BCUT2D eigenvalue weighted by molar-refractivity contribution is -0.119. The second-order valence-electron chi connectivity index (χ2n) is 12.9. The lowest BCUT2D eigenvalue weighted by Crippen LogP contribution is -2.35. The molecule has 0 spiro atoms. The minimum absolute atomic E-state index is 0.108. The molecule has 2 aromatic carbocycles. The predicted octanol–water partition coefficient (Wildman–Crippen LogP) is 6.51. The van der Waals surface area contributed by atoms with Crippen LogP contribution >= 0.6 is 23.2 Å². The Bertz CT molecular complexity index is 1970. The summed E-state index contributed by atoms with van der Waals surface area (Å²) in [4.78, 5) is 21.1. The summed E-state index contributed by atoms with van der Waals surface area (Å²) in [5, 5.41) is 21.9. The number of amides is 1. The van der Waals surface area contributed by atoms with Gasteiger partial charge in [-0.1, -0.05) is 53.5 Å². The fourth-order valence-corrected chi connectivity index (χ4v) is 6.81. The molecule has 4 heterocycles. The molecule has 4 N–H and O–H groups in total. The van der Waals surface area contributed by atoms with Crippen molar-refractivity contribution >= 4 is 40.1 Å². The largest absolute Gasteiger partial charge is 0.496 e. The first kappa shape index (κ1) is 33.9. The molecule has 250 valence electrons. The van der Waals surface area contributed by atoms with Crippen molar-refractivity contribution in [1.82, 2.24) is 30.5 Å². The van der Waals surface area contributed by atoms with E-state index in [1.807, 2.05) is 60.1 Å². The molecule has 9 nitrogen and oxygen atoms in total. The van der Waals surface area contributed by atoms with E-state index < -0.39 is 5.60 Å². The van der Waals surface area contributed by atoms with Crippen molar-refractivity contribution in [3.05, 3.63) is 88.2 Å². The third kappa shape index (κ3) is 7.36. The normalized spacial score (nSPS) is 14.9. The predicted molar refractivity (Wildman–Crippen MR) is 192 cm³/mol. The van der Waals surface area contributed by atoms with Crippen molar-refractivity contribution in [2.45, 2.75) is 51.4 Å². The number of carbonyl (C=O) groups is 1. The van der Waals surface area contributed by atoms with Gasteiger partial charge in [0.1, 0.15) is 11.4 Å². The highest BCUT2D eigenvalue weighted by Crippen LogP contribution is 2.42. The van der Waals surface area contributed by atoms with Gasteiger partial charge in [-0.3, -0.25) is 9.78 Å². The Hall–Kier alpha value is -3.99. The summed E-state index contributed by atoms with van der Waals surface area (Å²) in [5.74, 6) is 0.827. The first-order valence-electron chi connectivity index (χ1n) is 16.0. The summed E-state index contributed by atoms with van der Waals surface area (Å²) < 4.78 is 7.74. The van der Waals surface area contributed by atoms with E-state index in [-0.39, 0.29) is 11.9 Å². The molecule has 1 saturated heterocycles. The smallest absolute Gasteiger partial charge is 0.220 e. The summed E-state index contributed by atoms with van der Waals surface area (Å²) in [7, 11) is 3.62. The summed E-state index contributed by atoms with van der Waals surface area (Å²) in [6, 6.07) is 17.9. The van der Waals surface area contributed by atoms with Gasteiger partial charge in [0, 0.05) is 91.3 Å². The average Bonchev–Trinajstić information content (AvgIpc) is 3.62. The highest BCUT2D eigenvalue weighted by Gasteiger charge is 2.21. The zero-order valence-corrected chi connectivity index (χ0v) is 29.0. The quantitative estimate of drug-likeness (QED) is 0.118. The van der Waals surface area contributed by atoms with Gasteiger partial charge in [-0.25, -0.2) is 4.98 Å². The molecule has 1 amide bonds. The van der Waals surface area contributed by atoms with E-state index in [2.05, 4.69) is 33.2 Å². The Labute approximate surface area is 290 Å². The maximum atomic E-state index is 11.5. The first-order chi connectivity index (χ1) is 23.0. The van der Waals surface area contributed by atoms with Gasteiger partial charge in [0.15, 0.2) is 0 Å². The lowest BCUT2D eigenvalue weighted by atomic mass is 9.99. The minimum atomic E-state index is -0.789. The monoisotopic (exact) mass is 686 g/mol. The topological polar surface area (TPSA) is 113 Å². The number of pyridine rings is 2. The second kappa shape index (κ2) is 14.2. The van der Waals surface area contributed by atoms with E-state index in [1.54, 1.807) is 27.2 Å². The number of nitrogens with one attached hydrogen (secondary N) is 3. The molecular weight excluding hydrogens is 647 g/mol. The van der Waals surface area contributed by atoms with Crippen LogP contribution in [0.4, 0.5) is 0 Å². The number of hydrogen-bond donors (Lipinski definition) is 4. The zero-order chi connectivity index (χ0) is 34.0. The molecule has 0 bridgehead atoms. The molecule has 11 heteroatoms. The Morgan fingerprint density at radius 1 is 1.02 bits per heavy atom. The van der Waals surface area contributed by atoms with Crippen LogP contribution in [0, 0.1) is 0 Å². The van der Waals surface area contributed by atoms with Crippen molar-refractivity contribution in [2.75, 3.05) is 20.2 Å². The number of aryl methyl sites for hydroxylation is 1. The average molecular weight is 688 g/mol. The fraction of sp³-hybridized carbons (Fsp3) is 0.324. The van der Waals surface area contributed by atoms with Gasteiger partial charge >= 0.3 is 0 Å². The van der Waals surface area contributed by atoms with Crippen LogP contribution in [0.3, 0.4) is 0 Å². The number of rotatable bonds is 12. The van der Waals surface area contributed by atoms with Crippen LogP contribution in [0.2, 0.25) is 10.0 Å². The van der Waals surface area contributed by atoms with Crippen molar-refractivity contribution < 1.29 is 14.6 Å². The van der Waals surface area contributed by atoms with Gasteiger partial charge in [-0.15, -0.1) is 0 Å². The molecule has 1 fully saturated rings. The Morgan fingerprint density at radius 2 is 1.79 bits per heavy atom. The Kier molecular flexibility index (Phi) is 10.1. The number of benzene rings is 2. The molecule has 3 aromatic heterocycles. The minimum Gasteiger partial charge on any atom is -0.496 e. The maximum absolute atomic E-state index is 11.5. The maximum Gasteiger partial charge on any atom is 0.220 e. The number of nitrogens with zero attached hydrogens (tertiary/aromatic N) is 3. The number of methoxy groups -OCH3 is 1. The van der Waals surface area contributed by atoms with Crippen LogP contribution < -0.4 is 20.7 Å². The van der Waals surface area contributed by atoms with E-state index in [0.29, 0.717) is 48.3 Å². The molecule has 48 heavy (non-hydrogen) atoms. The van der Waals surface area contributed by atoms with Crippen molar-refractivity contribution in [3.63, 3.8) is 0 Å². The summed E-state index contributed by atoms with van der Waals surface area (Å²) >= 11 is 14.2. The molecule has 1 atom stereocenters. The number of ether oxygens (including phenoxy) is 1. The van der Waals surface area contributed by atoms with Crippen LogP contribution in [0.15, 0.2) is 67.0 Å². The van der Waals surface area contributed by atoms with E-state index in [4.69, 9.17) is 32.9 Å². The molecule has 1 aliphatic rings. The summed E-state index contributed by atoms with van der Waals surface area (Å²) in [6.07, 6.45) is 5.22. The van der Waals surface area contributed by atoms with E-state index in [0.717, 1.165) is 62.3 Å². The molecule has 1 aliphatic heterocycles. The highest BCUT2D eigenvalue weighted by molar-refractivity contribution is 6.39. The van der Waals surface area contributed by atoms with Crippen LogP contribution in [0.25, 0.3) is 44.7 Å². The van der Waals surface area contributed by atoms with Gasteiger partial charge in [-0.2, -0.15) is 0 Å². The number of halogens is 2. The van der Waals surface area contributed by atoms with Gasteiger partial charge in [0.25, 0.3) is 0 Å². The zero-order valence-electron chi connectivity index (χ0n) is 27.5. The lowest BCUT2D eigenvalue weighted by Gasteiger charge is -2.17. The Morgan fingerprint density at radius 3 is 2.54 bits per heavy atom. The van der Waals surface area contributed by atoms with Crippen molar-refractivity contribution in [1.29, 1.82) is 0 Å². The number of aliphatic hydroxyl groups is 1. The van der Waals surface area contributed by atoms with E-state index in [9.17, 15) is 9.90 Å². The number of fused-ring (bicyclic) bond motifs is 1. The molecule has 0 saturated carbocycles.